The third-order valence-electron chi connectivity index (χ3n) is 3.30. The molecule has 0 aliphatic rings. The fraction of sp³-hybridized carbons (Fsp3) is 0.625. The maximum atomic E-state index is 14.2. The van der Waals surface area contributed by atoms with Gasteiger partial charge in [0, 0.05) is 30.4 Å². The molecule has 0 amide bonds. The zero-order chi connectivity index (χ0) is 14.3. The predicted octanol–water partition coefficient (Wildman–Crippen LogP) is 4.12. The number of hydrogen-bond acceptors (Lipinski definition) is 2. The second kappa shape index (κ2) is 8.16. The summed E-state index contributed by atoms with van der Waals surface area (Å²) in [7, 11) is 0. The smallest absolute Gasteiger partial charge is 0.130 e. The molecule has 19 heavy (non-hydrogen) atoms. The predicted molar refractivity (Wildman–Crippen MR) is 81.3 cm³/mol. The van der Waals surface area contributed by atoms with Crippen molar-refractivity contribution in [2.75, 3.05) is 24.5 Å². The Hall–Kier alpha value is -1.09. The van der Waals surface area contributed by atoms with Crippen molar-refractivity contribution in [3.63, 3.8) is 0 Å². The molecule has 1 rings (SSSR count). The van der Waals surface area contributed by atoms with Crippen molar-refractivity contribution >= 4 is 5.69 Å². The first-order chi connectivity index (χ1) is 9.15. The molecule has 0 aliphatic carbocycles. The van der Waals surface area contributed by atoms with Gasteiger partial charge in [-0.05, 0) is 38.4 Å². The van der Waals surface area contributed by atoms with Gasteiger partial charge in [0.05, 0.1) is 0 Å². The van der Waals surface area contributed by atoms with E-state index in [-0.39, 0.29) is 11.9 Å². The molecule has 0 radical (unpaired) electrons. The van der Waals surface area contributed by atoms with Crippen molar-refractivity contribution in [1.82, 2.24) is 5.32 Å². The van der Waals surface area contributed by atoms with Crippen LogP contribution in [0.5, 0.6) is 0 Å². The number of benzene rings is 1. The van der Waals surface area contributed by atoms with E-state index in [9.17, 15) is 4.39 Å². The van der Waals surface area contributed by atoms with Crippen LogP contribution in [0, 0.1) is 5.82 Å². The highest BCUT2D eigenvalue weighted by Crippen LogP contribution is 2.29. The van der Waals surface area contributed by atoms with Gasteiger partial charge < -0.3 is 10.2 Å². The van der Waals surface area contributed by atoms with Crippen molar-refractivity contribution in [2.45, 2.75) is 46.6 Å². The van der Waals surface area contributed by atoms with Crippen molar-refractivity contribution in [3.05, 3.63) is 29.6 Å². The molecule has 0 bridgehead atoms. The average molecular weight is 266 g/mol. The first kappa shape index (κ1) is 16.0. The Morgan fingerprint density at radius 3 is 2.32 bits per heavy atom. The first-order valence-corrected chi connectivity index (χ1v) is 7.42. The van der Waals surface area contributed by atoms with Gasteiger partial charge in [-0.3, -0.25) is 0 Å². The Bertz CT molecular complexity index is 373. The van der Waals surface area contributed by atoms with Gasteiger partial charge in [0.1, 0.15) is 5.82 Å². The van der Waals surface area contributed by atoms with E-state index in [0.717, 1.165) is 43.7 Å². The molecule has 1 aromatic carbocycles. The molecule has 0 fully saturated rings. The van der Waals surface area contributed by atoms with Crippen LogP contribution in [0.15, 0.2) is 18.2 Å². The van der Waals surface area contributed by atoms with Crippen LogP contribution in [0.2, 0.25) is 0 Å². The van der Waals surface area contributed by atoms with E-state index >= 15 is 0 Å². The van der Waals surface area contributed by atoms with Crippen molar-refractivity contribution in [3.8, 4) is 0 Å². The summed E-state index contributed by atoms with van der Waals surface area (Å²) in [5.41, 5.74) is 1.84. The van der Waals surface area contributed by atoms with E-state index in [0.29, 0.717) is 0 Å². The Labute approximate surface area is 117 Å². The molecule has 1 N–H and O–H groups in total. The maximum Gasteiger partial charge on any atom is 0.130 e. The van der Waals surface area contributed by atoms with Gasteiger partial charge in [-0.15, -0.1) is 0 Å². The van der Waals surface area contributed by atoms with E-state index < -0.39 is 0 Å². The first-order valence-electron chi connectivity index (χ1n) is 7.42. The van der Waals surface area contributed by atoms with Gasteiger partial charge in [-0.2, -0.15) is 0 Å². The third kappa shape index (κ3) is 4.20. The zero-order valence-electron chi connectivity index (χ0n) is 12.7. The second-order valence-electron chi connectivity index (χ2n) is 4.94. The molecule has 3 heteroatoms. The van der Waals surface area contributed by atoms with Crippen molar-refractivity contribution < 1.29 is 4.39 Å². The Kier molecular flexibility index (Phi) is 6.85. The summed E-state index contributed by atoms with van der Waals surface area (Å²) in [6, 6.07) is 5.45. The van der Waals surface area contributed by atoms with E-state index in [1.165, 1.54) is 0 Å². The minimum absolute atomic E-state index is 0.0393. The summed E-state index contributed by atoms with van der Waals surface area (Å²) in [6.45, 7) is 11.2. The summed E-state index contributed by atoms with van der Waals surface area (Å²) < 4.78 is 14.2. The van der Waals surface area contributed by atoms with E-state index in [2.05, 4.69) is 24.1 Å². The lowest BCUT2D eigenvalue weighted by Crippen LogP contribution is -2.29. The van der Waals surface area contributed by atoms with E-state index in [4.69, 9.17) is 0 Å². The van der Waals surface area contributed by atoms with Gasteiger partial charge in [-0.1, -0.05) is 26.8 Å². The molecule has 2 nitrogen and oxygen atoms in total. The van der Waals surface area contributed by atoms with Gasteiger partial charge in [0.15, 0.2) is 0 Å². The number of anilines is 1. The van der Waals surface area contributed by atoms with Gasteiger partial charge in [-0.25, -0.2) is 4.39 Å². The van der Waals surface area contributed by atoms with E-state index in [1.807, 2.05) is 26.0 Å². The van der Waals surface area contributed by atoms with Gasteiger partial charge in [0.2, 0.25) is 0 Å². The van der Waals surface area contributed by atoms with Crippen molar-refractivity contribution in [1.29, 1.82) is 0 Å². The zero-order valence-corrected chi connectivity index (χ0v) is 12.7. The molecule has 0 spiro atoms. The summed E-state index contributed by atoms with van der Waals surface area (Å²) in [5, 5.41) is 3.32. The normalized spacial score (nSPS) is 12.5. The van der Waals surface area contributed by atoms with E-state index in [1.54, 1.807) is 6.07 Å². The molecule has 0 heterocycles. The number of rotatable bonds is 8. The number of nitrogens with one attached hydrogen (secondary N) is 1. The summed E-state index contributed by atoms with van der Waals surface area (Å²) in [6.07, 6.45) is 2.15. The Morgan fingerprint density at radius 1 is 1.16 bits per heavy atom. The highest BCUT2D eigenvalue weighted by atomic mass is 19.1. The fourth-order valence-electron chi connectivity index (χ4n) is 2.53. The van der Waals surface area contributed by atoms with Crippen LogP contribution < -0.4 is 10.2 Å². The average Bonchev–Trinajstić information content (AvgIpc) is 2.38. The van der Waals surface area contributed by atoms with Crippen LogP contribution in [0.4, 0.5) is 10.1 Å². The third-order valence-corrected chi connectivity index (χ3v) is 3.30. The van der Waals surface area contributed by atoms with Crippen LogP contribution in [0.3, 0.4) is 0 Å². The van der Waals surface area contributed by atoms with Gasteiger partial charge >= 0.3 is 0 Å². The topological polar surface area (TPSA) is 15.3 Å². The Balaban J connectivity index is 3.13. The highest BCUT2D eigenvalue weighted by Gasteiger charge is 2.18. The lowest BCUT2D eigenvalue weighted by molar-refractivity contribution is 0.538. The summed E-state index contributed by atoms with van der Waals surface area (Å²) >= 11 is 0. The molecule has 0 aliphatic heterocycles. The molecular weight excluding hydrogens is 239 g/mol. The minimum Gasteiger partial charge on any atom is -0.371 e. The largest absolute Gasteiger partial charge is 0.371 e. The minimum atomic E-state index is -0.108. The van der Waals surface area contributed by atoms with Crippen molar-refractivity contribution in [2.24, 2.45) is 0 Å². The van der Waals surface area contributed by atoms with Crippen LogP contribution >= 0.6 is 0 Å². The fourth-order valence-corrected chi connectivity index (χ4v) is 2.53. The van der Waals surface area contributed by atoms with Crippen LogP contribution in [-0.2, 0) is 0 Å². The molecule has 0 saturated heterocycles. The van der Waals surface area contributed by atoms with Crippen LogP contribution in [0.25, 0.3) is 0 Å². The molecule has 1 aromatic rings. The maximum absolute atomic E-state index is 14.2. The number of nitrogens with zero attached hydrogens (tertiary/aromatic N) is 1. The second-order valence-corrected chi connectivity index (χ2v) is 4.94. The monoisotopic (exact) mass is 266 g/mol. The lowest BCUT2D eigenvalue weighted by Gasteiger charge is -2.29. The van der Waals surface area contributed by atoms with Gasteiger partial charge in [0.25, 0.3) is 0 Å². The lowest BCUT2D eigenvalue weighted by atomic mass is 10.0. The quantitative estimate of drug-likeness (QED) is 0.761. The number of halogens is 1. The standard InChI is InChI=1S/C16H27FN2/c1-5-11-19(12-6-2)15-10-8-9-14(17)16(15)13(4)18-7-3/h8-10,13,18H,5-7,11-12H2,1-4H3. The molecule has 0 aromatic heterocycles. The SMILES string of the molecule is CCCN(CCC)c1cccc(F)c1C(C)NCC. The summed E-state index contributed by atoms with van der Waals surface area (Å²) in [5.74, 6) is -0.108. The van der Waals surface area contributed by atoms with Crippen LogP contribution in [-0.4, -0.2) is 19.6 Å². The Morgan fingerprint density at radius 2 is 1.79 bits per heavy atom. The molecule has 1 unspecified atom stereocenters. The molecule has 1 atom stereocenters. The molecule has 108 valence electrons. The summed E-state index contributed by atoms with van der Waals surface area (Å²) in [4.78, 5) is 2.30. The number of hydrogen-bond donors (Lipinski definition) is 1. The molecule has 0 saturated carbocycles. The van der Waals surface area contributed by atoms with Crippen LogP contribution in [0.1, 0.15) is 52.1 Å². The molecular formula is C16H27FN2. The highest BCUT2D eigenvalue weighted by molar-refractivity contribution is 5.55.